The first-order valence-electron chi connectivity index (χ1n) is 4.26. The van der Waals surface area contributed by atoms with Crippen LogP contribution >= 0.6 is 0 Å². The number of rotatable bonds is 1. The molecule has 5 heteroatoms. The molecule has 0 N–H and O–H groups in total. The van der Waals surface area contributed by atoms with Crippen molar-refractivity contribution in [1.29, 1.82) is 0 Å². The third kappa shape index (κ3) is 2.02. The zero-order valence-electron chi connectivity index (χ0n) is 7.62. The van der Waals surface area contributed by atoms with Crippen LogP contribution in [0, 0.1) is 0 Å². The Morgan fingerprint density at radius 2 is 2.13 bits per heavy atom. The summed E-state index contributed by atoms with van der Waals surface area (Å²) < 4.78 is 37.2. The highest BCUT2D eigenvalue weighted by molar-refractivity contribution is 5.65. The number of nitrogens with zero attached hydrogens (tertiary/aromatic N) is 2. The second kappa shape index (κ2) is 3.44. The molecule has 1 aliphatic rings. The van der Waals surface area contributed by atoms with E-state index in [0.29, 0.717) is 12.4 Å². The number of aliphatic imine (C=N–C) groups is 1. The molecular formula is C10H7F3N2. The molecule has 2 nitrogen and oxygen atoms in total. The van der Waals surface area contributed by atoms with Gasteiger partial charge in [-0.3, -0.25) is 0 Å². The molecule has 0 saturated heterocycles. The Balaban J connectivity index is 2.31. The Bertz CT molecular complexity index is 431. The van der Waals surface area contributed by atoms with Gasteiger partial charge in [0.05, 0.1) is 11.8 Å². The first-order valence-corrected chi connectivity index (χ1v) is 4.26. The van der Waals surface area contributed by atoms with Crippen LogP contribution in [0.3, 0.4) is 0 Å². The van der Waals surface area contributed by atoms with Crippen molar-refractivity contribution in [3.05, 3.63) is 36.0 Å². The average molecular weight is 212 g/mol. The van der Waals surface area contributed by atoms with Crippen molar-refractivity contribution in [3.8, 4) is 0 Å². The zero-order chi connectivity index (χ0) is 10.9. The molecule has 1 aromatic carbocycles. The van der Waals surface area contributed by atoms with E-state index in [1.807, 2.05) is 0 Å². The van der Waals surface area contributed by atoms with E-state index in [-0.39, 0.29) is 0 Å². The van der Waals surface area contributed by atoms with Gasteiger partial charge in [-0.15, -0.1) is 0 Å². The van der Waals surface area contributed by atoms with Gasteiger partial charge in [0.2, 0.25) is 0 Å². The molecule has 0 spiro atoms. The SMILES string of the molecule is FC(F)(F)c1cccc(N2C=C=NC2)c1. The molecule has 0 radical (unpaired) electrons. The Morgan fingerprint density at radius 1 is 1.33 bits per heavy atom. The van der Waals surface area contributed by atoms with E-state index in [2.05, 4.69) is 10.9 Å². The van der Waals surface area contributed by atoms with E-state index in [0.717, 1.165) is 12.1 Å². The first-order chi connectivity index (χ1) is 7.07. The number of halogens is 3. The minimum absolute atomic E-state index is 0.321. The number of hydrogen-bond donors (Lipinski definition) is 0. The normalized spacial score (nSPS) is 15.0. The summed E-state index contributed by atoms with van der Waals surface area (Å²) in [4.78, 5) is 5.36. The first kappa shape index (κ1) is 9.80. The lowest BCUT2D eigenvalue weighted by atomic mass is 10.2. The standard InChI is InChI=1S/C10H7F3N2/c11-10(12,13)8-2-1-3-9(6-8)15-5-4-14-7-15/h1-3,5-6H,7H2. The molecule has 0 fully saturated rings. The minimum atomic E-state index is -4.31. The average Bonchev–Trinajstić information content (AvgIpc) is 2.69. The van der Waals surface area contributed by atoms with Crippen molar-refractivity contribution < 1.29 is 13.2 Å². The highest BCUT2D eigenvalue weighted by Crippen LogP contribution is 2.31. The summed E-state index contributed by atoms with van der Waals surface area (Å²) >= 11 is 0. The van der Waals surface area contributed by atoms with Crippen LogP contribution in [-0.4, -0.2) is 12.5 Å². The maximum atomic E-state index is 12.4. The van der Waals surface area contributed by atoms with E-state index in [1.54, 1.807) is 11.0 Å². The summed E-state index contributed by atoms with van der Waals surface area (Å²) in [6.07, 6.45) is -2.78. The van der Waals surface area contributed by atoms with Crippen LogP contribution in [0.2, 0.25) is 0 Å². The van der Waals surface area contributed by atoms with Crippen molar-refractivity contribution in [3.63, 3.8) is 0 Å². The molecule has 15 heavy (non-hydrogen) atoms. The van der Waals surface area contributed by atoms with Gasteiger partial charge in [0.15, 0.2) is 0 Å². The molecule has 0 atom stereocenters. The van der Waals surface area contributed by atoms with Gasteiger partial charge in [-0.05, 0) is 18.2 Å². The Labute approximate surface area is 84.3 Å². The van der Waals surface area contributed by atoms with Crippen LogP contribution in [0.1, 0.15) is 5.56 Å². The summed E-state index contributed by atoms with van der Waals surface area (Å²) in [7, 11) is 0. The fraction of sp³-hybridized carbons (Fsp3) is 0.200. The molecule has 0 amide bonds. The molecule has 78 valence electrons. The maximum absolute atomic E-state index is 12.4. The van der Waals surface area contributed by atoms with Crippen LogP contribution in [0.4, 0.5) is 18.9 Å². The van der Waals surface area contributed by atoms with Gasteiger partial charge < -0.3 is 4.90 Å². The van der Waals surface area contributed by atoms with E-state index in [4.69, 9.17) is 0 Å². The summed E-state index contributed by atoms with van der Waals surface area (Å²) in [5.74, 6) is 2.57. The number of alkyl halides is 3. The number of hydrogen-bond acceptors (Lipinski definition) is 2. The van der Waals surface area contributed by atoms with Gasteiger partial charge in [-0.2, -0.15) is 13.2 Å². The van der Waals surface area contributed by atoms with Gasteiger partial charge in [-0.1, -0.05) is 6.07 Å². The van der Waals surface area contributed by atoms with E-state index in [9.17, 15) is 13.2 Å². The van der Waals surface area contributed by atoms with Crippen LogP contribution in [0.25, 0.3) is 0 Å². The van der Waals surface area contributed by atoms with Crippen LogP contribution in [-0.2, 0) is 6.18 Å². The summed E-state index contributed by atoms with van der Waals surface area (Å²) in [6, 6.07) is 5.13. The summed E-state index contributed by atoms with van der Waals surface area (Å²) in [6.45, 7) is 0.321. The molecule has 2 rings (SSSR count). The molecule has 1 aliphatic heterocycles. The van der Waals surface area contributed by atoms with E-state index >= 15 is 0 Å². The Hall–Kier alpha value is -1.74. The largest absolute Gasteiger partial charge is 0.416 e. The maximum Gasteiger partial charge on any atom is 0.416 e. The lowest BCUT2D eigenvalue weighted by Gasteiger charge is -2.15. The molecule has 0 aromatic heterocycles. The van der Waals surface area contributed by atoms with Crippen molar-refractivity contribution in [2.45, 2.75) is 6.18 Å². The third-order valence-corrected chi connectivity index (χ3v) is 2.03. The quantitative estimate of drug-likeness (QED) is 0.698. The van der Waals surface area contributed by atoms with Gasteiger partial charge in [0, 0.05) is 11.6 Å². The van der Waals surface area contributed by atoms with Gasteiger partial charge in [-0.25, -0.2) is 4.99 Å². The smallest absolute Gasteiger partial charge is 0.319 e. The lowest BCUT2D eigenvalue weighted by Crippen LogP contribution is -2.13. The minimum Gasteiger partial charge on any atom is -0.319 e. The molecule has 0 unspecified atom stereocenters. The van der Waals surface area contributed by atoms with Crippen LogP contribution < -0.4 is 4.90 Å². The Kier molecular flexibility index (Phi) is 2.25. The number of benzene rings is 1. The fourth-order valence-corrected chi connectivity index (χ4v) is 1.29. The van der Waals surface area contributed by atoms with Gasteiger partial charge in [0.25, 0.3) is 0 Å². The van der Waals surface area contributed by atoms with E-state index < -0.39 is 11.7 Å². The highest BCUT2D eigenvalue weighted by atomic mass is 19.4. The third-order valence-electron chi connectivity index (χ3n) is 2.03. The molecule has 1 aromatic rings. The predicted octanol–water partition coefficient (Wildman–Crippen LogP) is 2.67. The lowest BCUT2D eigenvalue weighted by molar-refractivity contribution is -0.137. The molecule has 1 heterocycles. The topological polar surface area (TPSA) is 15.6 Å². The van der Waals surface area contributed by atoms with Crippen LogP contribution in [0.5, 0.6) is 0 Å². The molecule has 0 bridgehead atoms. The van der Waals surface area contributed by atoms with Crippen LogP contribution in [0.15, 0.2) is 35.5 Å². The Morgan fingerprint density at radius 3 is 2.73 bits per heavy atom. The van der Waals surface area contributed by atoms with Crippen molar-refractivity contribution in [2.24, 2.45) is 4.99 Å². The fourth-order valence-electron chi connectivity index (χ4n) is 1.29. The van der Waals surface area contributed by atoms with Gasteiger partial charge in [0.1, 0.15) is 6.67 Å². The monoisotopic (exact) mass is 212 g/mol. The molecular weight excluding hydrogens is 205 g/mol. The van der Waals surface area contributed by atoms with Crippen molar-refractivity contribution in [1.82, 2.24) is 0 Å². The van der Waals surface area contributed by atoms with Crippen molar-refractivity contribution in [2.75, 3.05) is 11.6 Å². The number of anilines is 1. The second-order valence-electron chi connectivity index (χ2n) is 3.08. The summed E-state index contributed by atoms with van der Waals surface area (Å²) in [5, 5.41) is 0. The predicted molar refractivity (Wildman–Crippen MR) is 50.8 cm³/mol. The van der Waals surface area contributed by atoms with Crippen molar-refractivity contribution >= 4 is 11.6 Å². The zero-order valence-corrected chi connectivity index (χ0v) is 7.62. The summed E-state index contributed by atoms with van der Waals surface area (Å²) in [5.41, 5.74) is -0.182. The molecule has 0 aliphatic carbocycles. The molecule has 0 saturated carbocycles. The second-order valence-corrected chi connectivity index (χ2v) is 3.08. The van der Waals surface area contributed by atoms with Gasteiger partial charge >= 0.3 is 6.18 Å². The highest BCUT2D eigenvalue weighted by Gasteiger charge is 2.30. The van der Waals surface area contributed by atoms with E-state index in [1.165, 1.54) is 12.3 Å².